The Morgan fingerprint density at radius 3 is 0.919 bits per heavy atom. The Morgan fingerprint density at radius 2 is 0.577 bits per heavy atom. The summed E-state index contributed by atoms with van der Waals surface area (Å²) in [4.78, 5) is 327. The molecule has 0 spiro atoms. The van der Waals surface area contributed by atoms with E-state index in [0.29, 0.717) is 11.1 Å². The van der Waals surface area contributed by atoms with Gasteiger partial charge in [-0.2, -0.15) is 12.6 Å². The van der Waals surface area contributed by atoms with Crippen LogP contribution in [0.3, 0.4) is 0 Å². The average molecular weight is 2110 g/mol. The number of aromatic hydroxyl groups is 2. The number of amides is 20. The van der Waals surface area contributed by atoms with Crippen LogP contribution in [0, 0.1) is 17.8 Å². The number of nitrogens with two attached hydrogens (primary N) is 4. The number of phenols is 2. The molecule has 0 heterocycles. The summed E-state index contributed by atoms with van der Waals surface area (Å²) < 4.78 is 0. The average Bonchev–Trinajstić information content (AvgIpc) is 0.862. The minimum atomic E-state index is -1.95. The number of carbonyl (C=O) groups excluding carboxylic acids is 20. The van der Waals surface area contributed by atoms with Crippen LogP contribution in [0.4, 0.5) is 0 Å². The summed E-state index contributed by atoms with van der Waals surface area (Å²) in [6.07, 6.45) is -9.06. The number of carboxylic acid groups (broad SMARTS) is 4. The van der Waals surface area contributed by atoms with Gasteiger partial charge in [0.2, 0.25) is 118 Å². The molecule has 149 heavy (non-hydrogen) atoms. The summed E-state index contributed by atoms with van der Waals surface area (Å²) in [6.45, 7) is 12.4. The smallest absolute Gasteiger partial charge is 0.326 e. The van der Waals surface area contributed by atoms with Crippen LogP contribution < -0.4 is 113 Å². The predicted molar refractivity (Wildman–Crippen MR) is 534 cm³/mol. The molecule has 4 rings (SSSR count). The number of rotatable bonds is 67. The molecule has 19 atom stereocenters. The summed E-state index contributed by atoms with van der Waals surface area (Å²) >= 11 is 4.26. The highest BCUT2D eigenvalue weighted by atomic mass is 32.1. The first-order valence-electron chi connectivity index (χ1n) is 48.0. The number of aliphatic carboxylic acids is 4. The molecule has 4 aromatic rings. The molecule has 0 bridgehead atoms. The van der Waals surface area contributed by atoms with Gasteiger partial charge < -0.3 is 144 Å². The minimum Gasteiger partial charge on any atom is -0.508 e. The van der Waals surface area contributed by atoms with Gasteiger partial charge in [-0.3, -0.25) is 110 Å². The number of primary amides is 3. The van der Waals surface area contributed by atoms with Crippen LogP contribution >= 0.6 is 12.6 Å². The van der Waals surface area contributed by atoms with Crippen molar-refractivity contribution in [1.82, 2.24) is 90.4 Å². The summed E-state index contributed by atoms with van der Waals surface area (Å²) in [5, 5.41) is 101. The van der Waals surface area contributed by atoms with E-state index in [9.17, 15) is 131 Å². The Hall–Kier alpha value is -15.9. The van der Waals surface area contributed by atoms with Crippen molar-refractivity contribution in [2.24, 2.45) is 40.7 Å². The van der Waals surface area contributed by atoms with Crippen LogP contribution in [0.2, 0.25) is 0 Å². The highest BCUT2D eigenvalue weighted by molar-refractivity contribution is 7.80. The fourth-order valence-electron chi connectivity index (χ4n) is 14.5. The summed E-state index contributed by atoms with van der Waals surface area (Å²) in [7, 11) is 0. The molecular weight excluding hydrogens is 1970 g/mol. The Bertz CT molecular complexity index is 5340. The van der Waals surface area contributed by atoms with Crippen molar-refractivity contribution in [3.05, 3.63) is 131 Å². The second kappa shape index (κ2) is 63.5. The van der Waals surface area contributed by atoms with E-state index in [2.05, 4.69) is 103 Å². The Morgan fingerprint density at radius 1 is 0.295 bits per heavy atom. The first kappa shape index (κ1) is 125. The van der Waals surface area contributed by atoms with Crippen molar-refractivity contribution in [1.29, 1.82) is 0 Å². The summed E-state index contributed by atoms with van der Waals surface area (Å²) in [5.41, 5.74) is 23.5. The first-order chi connectivity index (χ1) is 70.1. The van der Waals surface area contributed by atoms with Crippen LogP contribution in [-0.2, 0) is 141 Å². The largest absolute Gasteiger partial charge is 0.508 e. The number of carboxylic acids is 4. The molecule has 0 saturated carbocycles. The Kier molecular flexibility index (Phi) is 53.4. The molecule has 0 aliphatic heterocycles. The lowest BCUT2D eigenvalue weighted by Gasteiger charge is -2.30. The maximum atomic E-state index is 15.2. The van der Waals surface area contributed by atoms with Gasteiger partial charge in [-0.15, -0.1) is 0 Å². The normalized spacial score (nSPS) is 14.8. The molecule has 0 fully saturated rings. The highest BCUT2D eigenvalue weighted by Crippen LogP contribution is 2.20. The SMILES string of the molecule is CC[C@H](C)[C@H](NC(=O)[C@H](CCC(N)=O)NC(=O)[C@H](C)NC(=O)[C@H](CCC(=O)O)NC(=O)[C@H](CC(C)C)NC(=O)[C@H](C)NC(=O)[C@H](C)N)C(=O)N[C@@H](CS)C(=O)N[C@@H](CCC(N)=O)C(=O)N[C@@H](CCC(N)=O)C(=O)N[C@H](C(=O)N[C@@H](CCC(=O)O)C(=O)N[C@@H](Cc1ccc(O)cc1)C(=O)N[C@@H](Cc1ccc(O)cc1)C(=O)N[C@@H](Cc1ccccc1)C(=O)NCC(=O)N[C@@H](CC(=O)O)C(=O)N[C@@H](Cc1ccccc1)C(=O)O)[C@@H](C)CC. The third kappa shape index (κ3) is 46.1. The Labute approximate surface area is 863 Å². The molecule has 4 aromatic carbocycles. The molecule has 51 nitrogen and oxygen atoms in total. The number of carbonyl (C=O) groups is 24. The lowest BCUT2D eigenvalue weighted by atomic mass is 9.96. The zero-order valence-corrected chi connectivity index (χ0v) is 84.7. The fraction of sp³-hybridized carbons (Fsp3) is 0.505. The van der Waals surface area contributed by atoms with E-state index in [0.717, 1.165) is 6.92 Å². The van der Waals surface area contributed by atoms with E-state index < -0.39 is 352 Å². The molecule has 816 valence electrons. The van der Waals surface area contributed by atoms with E-state index in [1.54, 1.807) is 88.4 Å². The number of hydrogen-bond donors (Lipinski definition) is 28. The van der Waals surface area contributed by atoms with E-state index in [-0.39, 0.29) is 60.6 Å². The fourth-order valence-corrected chi connectivity index (χ4v) is 14.8. The summed E-state index contributed by atoms with van der Waals surface area (Å²) in [6, 6.07) is -1.84. The van der Waals surface area contributed by atoms with Crippen molar-refractivity contribution < 1.29 is 146 Å². The number of phenolic OH excluding ortho intramolecular Hbond substituents is 2. The van der Waals surface area contributed by atoms with Crippen molar-refractivity contribution >= 4 is 155 Å². The molecule has 31 N–H and O–H groups in total. The van der Waals surface area contributed by atoms with Crippen molar-refractivity contribution in [2.45, 2.75) is 281 Å². The van der Waals surface area contributed by atoms with Gasteiger partial charge >= 0.3 is 23.9 Å². The van der Waals surface area contributed by atoms with Gasteiger partial charge in [0.1, 0.15) is 108 Å². The maximum Gasteiger partial charge on any atom is 0.326 e. The zero-order chi connectivity index (χ0) is 112. The van der Waals surface area contributed by atoms with E-state index in [4.69, 9.17) is 22.9 Å². The monoisotopic (exact) mass is 2110 g/mol. The number of benzene rings is 4. The van der Waals surface area contributed by atoms with Crippen LogP contribution in [0.25, 0.3) is 0 Å². The van der Waals surface area contributed by atoms with Crippen LogP contribution in [0.1, 0.15) is 174 Å². The van der Waals surface area contributed by atoms with Gasteiger partial charge in [0, 0.05) is 63.5 Å². The zero-order valence-electron chi connectivity index (χ0n) is 83.8. The molecular formula is C97H137N21O30S. The third-order valence-corrected chi connectivity index (χ3v) is 23.8. The molecule has 0 aliphatic rings. The number of hydrogen-bond acceptors (Lipinski definition) is 28. The quantitative estimate of drug-likeness (QED) is 0.0184. The third-order valence-electron chi connectivity index (χ3n) is 23.4. The second-order valence-corrected chi connectivity index (χ2v) is 36.6. The maximum absolute atomic E-state index is 15.2. The van der Waals surface area contributed by atoms with Crippen molar-refractivity contribution in [3.63, 3.8) is 0 Å². The van der Waals surface area contributed by atoms with Crippen LogP contribution in [-0.4, -0.2) is 288 Å². The number of nitrogens with one attached hydrogen (secondary N) is 17. The van der Waals surface area contributed by atoms with Crippen LogP contribution in [0.5, 0.6) is 11.5 Å². The lowest BCUT2D eigenvalue weighted by Crippen LogP contribution is -2.62. The van der Waals surface area contributed by atoms with Gasteiger partial charge in [-0.05, 0) is 124 Å². The van der Waals surface area contributed by atoms with Gasteiger partial charge in [0.25, 0.3) is 0 Å². The standard InChI is InChI=1S/C97H137N21O30S/c1-10-49(5)79(95(145)110-64(34-39-77(127)128)87(137)113-67(42-56-22-26-58(119)27-23-56)92(142)114-68(43-57-24-28-59(120)29-25-57)91(141)112-66(41-54-18-14-12-15-19-54)84(134)102-46-75(124)105-69(45-78(129)130)93(143)115-70(97(147)148)44-55-20-16-13-17-21-55)117-89(139)62(32-37-74(101)123)107-86(136)60(30-35-72(99)121)109-94(144)71(47-149)116-96(146)80(50(6)11-2)118-88(138)61(31-36-73(100)122)106-82(132)53(9)104-85(135)63(33-38-76(125)126)108-90(140)65(40-48(3)4)111-83(133)52(8)103-81(131)51(7)98/h12-29,48-53,60-71,79-80,119-120,149H,10-11,30-47,98H2,1-9H3,(H2,99,121)(H2,100,122)(H2,101,123)(H,102,134)(H,103,131)(H,104,135)(H,105,124)(H,106,132)(H,107,136)(H,108,140)(H,109,144)(H,110,145)(H,111,133)(H,112,141)(H,113,137)(H,114,142)(H,115,143)(H,116,146)(H,117,139)(H,118,138)(H,125,126)(H,127,128)(H,129,130)(H,147,148)/t49-,50-,51-,52-,53-,60-,61-,62-,63-,64-,65-,66-,67-,68-,69-,70-,71-,79-,80-/m0/s1. The molecule has 0 aliphatic carbocycles. The topological polar surface area (TPSA) is 840 Å². The molecule has 0 saturated heterocycles. The Balaban J connectivity index is 1.64. The lowest BCUT2D eigenvalue weighted by molar-refractivity contribution is -0.143. The number of thiol groups is 1. The van der Waals surface area contributed by atoms with Gasteiger partial charge in [-0.25, -0.2) is 4.79 Å². The van der Waals surface area contributed by atoms with E-state index >= 15 is 14.4 Å². The van der Waals surface area contributed by atoms with Crippen LogP contribution in [0.15, 0.2) is 109 Å². The first-order valence-corrected chi connectivity index (χ1v) is 48.6. The second-order valence-electron chi connectivity index (χ2n) is 36.3. The molecule has 52 heteroatoms. The van der Waals surface area contributed by atoms with Crippen molar-refractivity contribution in [3.8, 4) is 11.5 Å². The molecule has 20 amide bonds. The van der Waals surface area contributed by atoms with Gasteiger partial charge in [0.05, 0.1) is 19.0 Å². The van der Waals surface area contributed by atoms with Crippen molar-refractivity contribution in [2.75, 3.05) is 12.3 Å². The predicted octanol–water partition coefficient (Wildman–Crippen LogP) is -5.22. The van der Waals surface area contributed by atoms with Gasteiger partial charge in [-0.1, -0.05) is 139 Å². The molecule has 0 unspecified atom stereocenters. The van der Waals surface area contributed by atoms with Gasteiger partial charge in [0.15, 0.2) is 0 Å². The van der Waals surface area contributed by atoms with E-state index in [1.807, 2.05) is 0 Å². The highest BCUT2D eigenvalue weighted by Gasteiger charge is 2.41. The summed E-state index contributed by atoms with van der Waals surface area (Å²) in [5.74, 6) is -31.0. The minimum absolute atomic E-state index is 0.0220. The molecule has 0 aromatic heterocycles. The van der Waals surface area contributed by atoms with E-state index in [1.165, 1.54) is 76.2 Å². The molecule has 0 radical (unpaired) electrons.